The first kappa shape index (κ1) is 23.0. The number of halogens is 1. The minimum Gasteiger partial charge on any atom is -0.319 e. The van der Waals surface area contributed by atoms with Crippen LogP contribution in [0.2, 0.25) is 0 Å². The van der Waals surface area contributed by atoms with E-state index in [0.29, 0.717) is 18.7 Å². The average molecular weight is 506 g/mol. The molecule has 0 saturated carbocycles. The molecular formula is C26H28BrN5O. The molecule has 1 amide bonds. The molecule has 170 valence electrons. The van der Waals surface area contributed by atoms with Crippen LogP contribution in [-0.4, -0.2) is 25.5 Å². The number of aromatic nitrogens is 4. The molecule has 1 N–H and O–H groups in total. The maximum atomic E-state index is 13.1. The van der Waals surface area contributed by atoms with Gasteiger partial charge in [0.2, 0.25) is 0 Å². The van der Waals surface area contributed by atoms with E-state index in [1.54, 1.807) is 0 Å². The molecule has 0 bridgehead atoms. The second-order valence-corrected chi connectivity index (χ2v) is 9.22. The van der Waals surface area contributed by atoms with Crippen LogP contribution in [0.5, 0.6) is 0 Å². The summed E-state index contributed by atoms with van der Waals surface area (Å²) in [5, 5.41) is 12.3. The lowest BCUT2D eigenvalue weighted by Crippen LogP contribution is -2.14. The minimum atomic E-state index is -0.145. The summed E-state index contributed by atoms with van der Waals surface area (Å²) in [4.78, 5) is 13.1. The van der Waals surface area contributed by atoms with Crippen molar-refractivity contribution in [3.05, 3.63) is 98.0 Å². The Bertz CT molecular complexity index is 1330. The Morgan fingerprint density at radius 3 is 2.27 bits per heavy atom. The van der Waals surface area contributed by atoms with E-state index in [0.717, 1.165) is 38.5 Å². The summed E-state index contributed by atoms with van der Waals surface area (Å²) in [6, 6.07) is 15.9. The summed E-state index contributed by atoms with van der Waals surface area (Å²) < 4.78 is 4.91. The number of hydrogen-bond acceptors (Lipinski definition) is 3. The van der Waals surface area contributed by atoms with Gasteiger partial charge in [0.15, 0.2) is 0 Å². The Hall–Kier alpha value is -3.19. The third kappa shape index (κ3) is 4.78. The molecule has 0 spiro atoms. The Balaban J connectivity index is 1.53. The molecule has 0 aliphatic rings. The predicted molar refractivity (Wildman–Crippen MR) is 135 cm³/mol. The van der Waals surface area contributed by atoms with Crippen molar-refractivity contribution in [2.75, 3.05) is 5.32 Å². The number of anilines is 1. The maximum Gasteiger partial charge on any atom is 0.255 e. The number of amides is 1. The number of aryl methyl sites for hydroxylation is 3. The van der Waals surface area contributed by atoms with Crippen LogP contribution in [0.4, 0.5) is 5.69 Å². The smallest absolute Gasteiger partial charge is 0.255 e. The fraction of sp³-hybridized carbons (Fsp3) is 0.269. The van der Waals surface area contributed by atoms with Gasteiger partial charge in [0.05, 0.1) is 46.0 Å². The molecule has 2 heterocycles. The molecule has 4 aromatic rings. The van der Waals surface area contributed by atoms with Gasteiger partial charge in [-0.2, -0.15) is 10.2 Å². The molecule has 0 unspecified atom stereocenters. The fourth-order valence-electron chi connectivity index (χ4n) is 3.98. The van der Waals surface area contributed by atoms with Crippen LogP contribution in [0, 0.1) is 34.6 Å². The highest BCUT2D eigenvalue weighted by molar-refractivity contribution is 9.10. The van der Waals surface area contributed by atoms with Crippen LogP contribution in [0.3, 0.4) is 0 Å². The van der Waals surface area contributed by atoms with Crippen LogP contribution in [0.25, 0.3) is 0 Å². The second kappa shape index (κ2) is 9.35. The highest BCUT2D eigenvalue weighted by atomic mass is 79.9. The number of rotatable bonds is 6. The number of hydrogen-bond donors (Lipinski definition) is 1. The molecular weight excluding hydrogens is 478 g/mol. The van der Waals surface area contributed by atoms with Crippen molar-refractivity contribution in [3.63, 3.8) is 0 Å². The molecule has 7 heteroatoms. The largest absolute Gasteiger partial charge is 0.319 e. The fourth-order valence-corrected chi connectivity index (χ4v) is 4.26. The van der Waals surface area contributed by atoms with Crippen LogP contribution in [-0.2, 0) is 13.1 Å². The van der Waals surface area contributed by atoms with Crippen molar-refractivity contribution >= 4 is 27.5 Å². The third-order valence-corrected chi connectivity index (χ3v) is 7.16. The van der Waals surface area contributed by atoms with Crippen molar-refractivity contribution in [2.24, 2.45) is 0 Å². The van der Waals surface area contributed by atoms with E-state index in [2.05, 4.69) is 50.5 Å². The lowest BCUT2D eigenvalue weighted by Gasteiger charge is -2.10. The Kier molecular flexibility index (Phi) is 6.51. The lowest BCUT2D eigenvalue weighted by atomic mass is 10.1. The van der Waals surface area contributed by atoms with Gasteiger partial charge in [-0.15, -0.1) is 0 Å². The van der Waals surface area contributed by atoms with Gasteiger partial charge in [0, 0.05) is 5.56 Å². The average Bonchev–Trinajstić information content (AvgIpc) is 3.19. The standard InChI is InChI=1S/C26H28BrN5O/c1-16-9-6-7-11-23(16)15-32-20(5)25(18(3)30-32)28-26(33)22-12-8-10-21(13-22)14-31-19(4)24(27)17(2)29-31/h6-13H,14-15H2,1-5H3,(H,28,33). The molecule has 0 fully saturated rings. The summed E-state index contributed by atoms with van der Waals surface area (Å²) in [7, 11) is 0. The van der Waals surface area contributed by atoms with Gasteiger partial charge in [0.25, 0.3) is 5.91 Å². The summed E-state index contributed by atoms with van der Waals surface area (Å²) in [6.07, 6.45) is 0. The molecule has 4 rings (SSSR count). The number of nitrogens with zero attached hydrogens (tertiary/aromatic N) is 4. The maximum absolute atomic E-state index is 13.1. The molecule has 0 saturated heterocycles. The van der Waals surface area contributed by atoms with E-state index in [9.17, 15) is 4.79 Å². The van der Waals surface area contributed by atoms with E-state index in [1.807, 2.05) is 73.5 Å². The zero-order valence-corrected chi connectivity index (χ0v) is 21.2. The summed E-state index contributed by atoms with van der Waals surface area (Å²) >= 11 is 3.57. The van der Waals surface area contributed by atoms with E-state index in [1.165, 1.54) is 11.1 Å². The molecule has 0 atom stereocenters. The molecule has 0 aliphatic heterocycles. The molecule has 6 nitrogen and oxygen atoms in total. The normalized spacial score (nSPS) is 11.1. The van der Waals surface area contributed by atoms with Gasteiger partial charge in [0.1, 0.15) is 0 Å². The molecule has 33 heavy (non-hydrogen) atoms. The summed E-state index contributed by atoms with van der Waals surface area (Å²) in [5.74, 6) is -0.145. The van der Waals surface area contributed by atoms with Gasteiger partial charge in [-0.05, 0) is 79.4 Å². The van der Waals surface area contributed by atoms with Crippen molar-refractivity contribution < 1.29 is 4.79 Å². The van der Waals surface area contributed by atoms with Crippen LogP contribution in [0.1, 0.15) is 49.8 Å². The van der Waals surface area contributed by atoms with Crippen molar-refractivity contribution in [3.8, 4) is 0 Å². The van der Waals surface area contributed by atoms with Gasteiger partial charge in [-0.25, -0.2) is 0 Å². The quantitative estimate of drug-likeness (QED) is 0.363. The highest BCUT2D eigenvalue weighted by Crippen LogP contribution is 2.23. The zero-order valence-electron chi connectivity index (χ0n) is 19.6. The van der Waals surface area contributed by atoms with Gasteiger partial charge < -0.3 is 5.32 Å². The minimum absolute atomic E-state index is 0.145. The van der Waals surface area contributed by atoms with E-state index < -0.39 is 0 Å². The summed E-state index contributed by atoms with van der Waals surface area (Å²) in [6.45, 7) is 11.3. The number of carbonyl (C=O) groups excluding carboxylic acids is 1. The van der Waals surface area contributed by atoms with Gasteiger partial charge >= 0.3 is 0 Å². The third-order valence-electron chi connectivity index (χ3n) is 6.02. The lowest BCUT2D eigenvalue weighted by molar-refractivity contribution is 0.102. The first-order valence-corrected chi connectivity index (χ1v) is 11.7. The first-order chi connectivity index (χ1) is 15.7. The zero-order chi connectivity index (χ0) is 23.7. The van der Waals surface area contributed by atoms with Crippen LogP contribution >= 0.6 is 15.9 Å². The molecule has 0 aliphatic carbocycles. The van der Waals surface area contributed by atoms with E-state index in [4.69, 9.17) is 0 Å². The predicted octanol–water partition coefficient (Wildman–Crippen LogP) is 5.73. The van der Waals surface area contributed by atoms with Gasteiger partial charge in [-0.1, -0.05) is 36.4 Å². The van der Waals surface area contributed by atoms with Crippen LogP contribution in [0.15, 0.2) is 53.0 Å². The highest BCUT2D eigenvalue weighted by Gasteiger charge is 2.17. The molecule has 2 aromatic heterocycles. The molecule has 2 aromatic carbocycles. The second-order valence-electron chi connectivity index (χ2n) is 8.43. The van der Waals surface area contributed by atoms with Crippen LogP contribution < -0.4 is 5.32 Å². The Morgan fingerprint density at radius 1 is 0.879 bits per heavy atom. The summed E-state index contributed by atoms with van der Waals surface area (Å²) in [5.41, 5.74) is 8.59. The van der Waals surface area contributed by atoms with E-state index >= 15 is 0 Å². The SMILES string of the molecule is Cc1ccccc1Cn1nc(C)c(NC(=O)c2cccc(Cn3nc(C)c(Br)c3C)c2)c1C. The first-order valence-electron chi connectivity index (χ1n) is 10.9. The Morgan fingerprint density at radius 2 is 1.58 bits per heavy atom. The van der Waals surface area contributed by atoms with Crippen molar-refractivity contribution in [1.82, 2.24) is 19.6 Å². The Labute approximate surface area is 202 Å². The van der Waals surface area contributed by atoms with Crippen molar-refractivity contribution in [2.45, 2.75) is 47.7 Å². The topological polar surface area (TPSA) is 64.7 Å². The van der Waals surface area contributed by atoms with Gasteiger partial charge in [-0.3, -0.25) is 14.2 Å². The molecule has 0 radical (unpaired) electrons. The number of carbonyl (C=O) groups is 1. The number of benzene rings is 2. The van der Waals surface area contributed by atoms with E-state index in [-0.39, 0.29) is 5.91 Å². The number of nitrogens with one attached hydrogen (secondary N) is 1. The van der Waals surface area contributed by atoms with Crippen molar-refractivity contribution in [1.29, 1.82) is 0 Å². The monoisotopic (exact) mass is 505 g/mol.